The molecule has 3 aromatic carbocycles. The Bertz CT molecular complexity index is 1830. The van der Waals surface area contributed by atoms with Gasteiger partial charge in [-0.3, -0.25) is 5.32 Å². The second kappa shape index (κ2) is 17.5. The van der Waals surface area contributed by atoms with Crippen molar-refractivity contribution in [2.24, 2.45) is 4.99 Å². The Morgan fingerprint density at radius 3 is 2.35 bits per heavy atom. The molecule has 0 bridgehead atoms. The highest BCUT2D eigenvalue weighted by Crippen LogP contribution is 2.34. The van der Waals surface area contributed by atoms with Crippen LogP contribution in [0.3, 0.4) is 0 Å². The number of aliphatic hydroxyl groups is 1. The van der Waals surface area contributed by atoms with E-state index in [1.54, 1.807) is 50.4 Å². The molecular weight excluding hydrogens is 726 g/mol. The highest BCUT2D eigenvalue weighted by atomic mass is 32.2. The molecule has 13 nitrogen and oxygen atoms in total. The lowest BCUT2D eigenvalue weighted by atomic mass is 10.0. The number of methoxy groups -OCH3 is 3. The van der Waals surface area contributed by atoms with E-state index in [0.717, 1.165) is 5.56 Å². The Morgan fingerprint density at radius 2 is 1.71 bits per heavy atom. The maximum atomic E-state index is 13.2. The topological polar surface area (TPSA) is 151 Å². The highest BCUT2D eigenvalue weighted by molar-refractivity contribution is 8.24. The second-order valence-electron chi connectivity index (χ2n) is 11.3. The van der Waals surface area contributed by atoms with Crippen molar-refractivity contribution in [1.29, 1.82) is 0 Å². The van der Waals surface area contributed by atoms with Gasteiger partial charge >= 0.3 is 12.4 Å². The van der Waals surface area contributed by atoms with Crippen LogP contribution in [0.1, 0.15) is 12.5 Å². The van der Waals surface area contributed by atoms with Crippen LogP contribution in [0.2, 0.25) is 0 Å². The van der Waals surface area contributed by atoms with Gasteiger partial charge in [-0.15, -0.1) is 30.0 Å². The van der Waals surface area contributed by atoms with Crippen molar-refractivity contribution in [1.82, 2.24) is 20.1 Å². The van der Waals surface area contributed by atoms with Crippen LogP contribution in [0.15, 0.2) is 78.0 Å². The molecule has 0 spiro atoms. The minimum atomic E-state index is -4.78. The Kier molecular flexibility index (Phi) is 13.1. The van der Waals surface area contributed by atoms with Gasteiger partial charge in [0.25, 0.3) is 0 Å². The van der Waals surface area contributed by atoms with Gasteiger partial charge in [-0.1, -0.05) is 11.8 Å². The largest absolute Gasteiger partial charge is 0.573 e. The van der Waals surface area contributed by atoms with Gasteiger partial charge in [-0.25, -0.2) is 19.5 Å². The molecule has 18 heteroatoms. The lowest BCUT2D eigenvalue weighted by molar-refractivity contribution is -0.274. The number of anilines is 1. The monoisotopic (exact) mass is 762 g/mol. The predicted molar refractivity (Wildman–Crippen MR) is 192 cm³/mol. The van der Waals surface area contributed by atoms with Crippen molar-refractivity contribution in [3.8, 4) is 28.6 Å². The number of ether oxygens (including phenoxy) is 5. The SMILES string of the molecule is COc1ccc(N=C(NC(=O)Nc2ccc(-c3ncn(-c4ccc(OC(F)(F)F)cc4)n3)cc2)SCSC2OC(C)C(O)C(OC)C2OC)c(C)c1. The van der Waals surface area contributed by atoms with Gasteiger partial charge in [0.2, 0.25) is 0 Å². The quantitative estimate of drug-likeness (QED) is 0.0871. The summed E-state index contributed by atoms with van der Waals surface area (Å²) in [4.78, 5) is 22.2. The Labute approximate surface area is 306 Å². The number of hydrogen-bond donors (Lipinski definition) is 3. The number of aliphatic hydroxyl groups excluding tert-OH is 1. The first-order valence-electron chi connectivity index (χ1n) is 15.7. The van der Waals surface area contributed by atoms with Gasteiger partial charge in [0.05, 0.1) is 24.6 Å². The number of amidine groups is 1. The molecule has 1 aliphatic rings. The predicted octanol–water partition coefficient (Wildman–Crippen LogP) is 6.52. The van der Waals surface area contributed by atoms with Crippen molar-refractivity contribution >= 4 is 46.1 Å². The number of benzene rings is 3. The lowest BCUT2D eigenvalue weighted by Gasteiger charge is -2.42. The number of urea groups is 1. The molecule has 5 atom stereocenters. The summed E-state index contributed by atoms with van der Waals surface area (Å²) in [5.74, 6) is 0.694. The van der Waals surface area contributed by atoms with E-state index in [1.165, 1.54) is 73.0 Å². The van der Waals surface area contributed by atoms with Crippen LogP contribution in [0.5, 0.6) is 11.5 Å². The van der Waals surface area contributed by atoms with Crippen LogP contribution < -0.4 is 20.1 Å². The lowest BCUT2D eigenvalue weighted by Crippen LogP contribution is -2.57. The number of aryl methyl sites for hydroxylation is 1. The van der Waals surface area contributed by atoms with Crippen molar-refractivity contribution in [3.05, 3.63) is 78.6 Å². The molecule has 5 rings (SSSR count). The van der Waals surface area contributed by atoms with E-state index in [9.17, 15) is 23.1 Å². The number of aromatic nitrogens is 3. The van der Waals surface area contributed by atoms with Crippen LogP contribution in [0.4, 0.5) is 29.3 Å². The number of halogens is 3. The van der Waals surface area contributed by atoms with Crippen LogP contribution in [-0.2, 0) is 14.2 Å². The molecule has 0 radical (unpaired) electrons. The maximum Gasteiger partial charge on any atom is 0.573 e. The summed E-state index contributed by atoms with van der Waals surface area (Å²) in [6.07, 6.45) is -5.77. The molecule has 1 aromatic heterocycles. The number of hydrogen-bond acceptors (Lipinski definition) is 12. The minimum absolute atomic E-state index is 0.323. The average molecular weight is 763 g/mol. The molecular formula is C34H37F3N6O7S2. The number of rotatable bonds is 11. The molecule has 2 amide bonds. The van der Waals surface area contributed by atoms with E-state index in [0.29, 0.717) is 44.5 Å². The second-order valence-corrected chi connectivity index (χ2v) is 13.7. The average Bonchev–Trinajstić information content (AvgIpc) is 3.60. The number of carbonyl (C=O) groups is 1. The molecule has 0 aliphatic carbocycles. The molecule has 2 heterocycles. The third-order valence-corrected chi connectivity index (χ3v) is 10.00. The third kappa shape index (κ3) is 10.2. The van der Waals surface area contributed by atoms with Gasteiger partial charge in [0.1, 0.15) is 41.6 Å². The molecule has 0 saturated carbocycles. The first-order chi connectivity index (χ1) is 24.9. The standard InChI is InChI=1S/C34H37F3N6O7S2/c1-19-16-25(46-3)14-15-26(19)40-33(52-18-51-31-29(48-5)28(47-4)27(44)20(2)49-31)41-32(45)39-22-8-6-21(7-9-22)30-38-17-43(42-30)23-10-12-24(13-11-23)50-34(35,36)37/h6-17,20,27-29,31,44H,18H2,1-5H3,(H2,39,40,41,45). The number of alkyl halides is 3. The van der Waals surface area contributed by atoms with Crippen molar-refractivity contribution in [3.63, 3.8) is 0 Å². The zero-order valence-corrected chi connectivity index (χ0v) is 30.3. The maximum absolute atomic E-state index is 13.2. The van der Waals surface area contributed by atoms with E-state index in [1.807, 2.05) is 13.0 Å². The van der Waals surface area contributed by atoms with E-state index < -0.39 is 42.2 Å². The normalized spacial score (nSPS) is 20.7. The Morgan fingerprint density at radius 1 is 1.02 bits per heavy atom. The molecule has 278 valence electrons. The van der Waals surface area contributed by atoms with Crippen molar-refractivity contribution in [2.45, 2.75) is 50.1 Å². The summed E-state index contributed by atoms with van der Waals surface area (Å²) >= 11 is 2.72. The van der Waals surface area contributed by atoms with E-state index in [2.05, 4.69) is 25.5 Å². The third-order valence-electron chi connectivity index (χ3n) is 7.80. The van der Waals surface area contributed by atoms with Gasteiger partial charge in [-0.2, -0.15) is 0 Å². The number of nitrogens with zero attached hydrogens (tertiary/aromatic N) is 4. The first kappa shape index (κ1) is 38.9. The van der Waals surface area contributed by atoms with Gasteiger partial charge in [-0.05, 0) is 86.1 Å². The molecule has 5 unspecified atom stereocenters. The van der Waals surface area contributed by atoms with Gasteiger partial charge < -0.3 is 34.1 Å². The summed E-state index contributed by atoms with van der Waals surface area (Å²) in [6.45, 7) is 3.66. The first-order valence-corrected chi connectivity index (χ1v) is 17.7. The molecule has 3 N–H and O–H groups in total. The summed E-state index contributed by atoms with van der Waals surface area (Å²) in [5.41, 5.74) is 2.64. The van der Waals surface area contributed by atoms with Crippen molar-refractivity contribution in [2.75, 3.05) is 31.7 Å². The summed E-state index contributed by atoms with van der Waals surface area (Å²) in [5, 5.41) is 21.3. The molecule has 4 aromatic rings. The summed E-state index contributed by atoms with van der Waals surface area (Å²) in [6, 6.07) is 16.9. The van der Waals surface area contributed by atoms with Crippen LogP contribution >= 0.6 is 23.5 Å². The molecule has 1 aliphatic heterocycles. The van der Waals surface area contributed by atoms with E-state index >= 15 is 0 Å². The number of aliphatic imine (C=N–C) groups is 1. The number of amides is 2. The zero-order valence-electron chi connectivity index (χ0n) is 28.7. The number of thioether (sulfide) groups is 2. The summed E-state index contributed by atoms with van der Waals surface area (Å²) in [7, 11) is 4.63. The van der Waals surface area contributed by atoms with E-state index in [-0.39, 0.29) is 5.75 Å². The highest BCUT2D eigenvalue weighted by Gasteiger charge is 2.44. The molecule has 52 heavy (non-hydrogen) atoms. The van der Waals surface area contributed by atoms with Crippen molar-refractivity contribution < 1.29 is 46.8 Å². The van der Waals surface area contributed by atoms with Gasteiger partial charge in [0, 0.05) is 30.6 Å². The Balaban J connectivity index is 1.24. The number of nitrogens with one attached hydrogen (secondary N) is 2. The number of carbonyl (C=O) groups excluding carboxylic acids is 1. The van der Waals surface area contributed by atoms with Gasteiger partial charge in [0.15, 0.2) is 11.0 Å². The summed E-state index contributed by atoms with van der Waals surface area (Å²) < 4.78 is 65.2. The molecule has 1 saturated heterocycles. The Hall–Kier alpha value is -4.33. The van der Waals surface area contributed by atoms with E-state index in [4.69, 9.17) is 23.9 Å². The van der Waals surface area contributed by atoms with Crippen LogP contribution in [-0.4, -0.2) is 93.7 Å². The molecule has 1 fully saturated rings. The minimum Gasteiger partial charge on any atom is -0.497 e. The zero-order chi connectivity index (χ0) is 37.4. The van der Waals surface area contributed by atoms with Crippen LogP contribution in [0, 0.1) is 6.92 Å². The fraction of sp³-hybridized carbons (Fsp3) is 0.353. The van der Waals surface area contributed by atoms with Crippen LogP contribution in [0.25, 0.3) is 17.1 Å². The fourth-order valence-electron chi connectivity index (χ4n) is 5.16. The smallest absolute Gasteiger partial charge is 0.497 e. The fourth-order valence-corrected chi connectivity index (χ4v) is 7.46.